The summed E-state index contributed by atoms with van der Waals surface area (Å²) >= 11 is 0. The lowest BCUT2D eigenvalue weighted by Gasteiger charge is -2.29. The monoisotopic (exact) mass is 277 g/mol. The van der Waals surface area contributed by atoms with Crippen molar-refractivity contribution in [1.82, 2.24) is 14.9 Å². The van der Waals surface area contributed by atoms with Crippen molar-refractivity contribution in [2.24, 2.45) is 0 Å². The maximum atomic E-state index is 12.3. The van der Waals surface area contributed by atoms with Crippen molar-refractivity contribution >= 4 is 17.5 Å². The van der Waals surface area contributed by atoms with Crippen LogP contribution in [0.1, 0.15) is 33.1 Å². The molecule has 0 spiro atoms. The summed E-state index contributed by atoms with van der Waals surface area (Å²) in [5.74, 6) is 1.48. The van der Waals surface area contributed by atoms with Crippen molar-refractivity contribution in [3.8, 4) is 0 Å². The average Bonchev–Trinajstić information content (AvgIpc) is 2.48. The van der Waals surface area contributed by atoms with E-state index in [2.05, 4.69) is 20.6 Å². The summed E-state index contributed by atoms with van der Waals surface area (Å²) in [4.78, 5) is 22.7. The number of hydrogen-bond donors (Lipinski definition) is 2. The van der Waals surface area contributed by atoms with Crippen LogP contribution >= 0.6 is 0 Å². The van der Waals surface area contributed by atoms with E-state index in [4.69, 9.17) is 0 Å². The van der Waals surface area contributed by atoms with Gasteiger partial charge in [0.15, 0.2) is 0 Å². The molecular weight excluding hydrogens is 254 g/mol. The number of hydrogen-bond acceptors (Lipinski definition) is 5. The van der Waals surface area contributed by atoms with Crippen LogP contribution in [0.4, 0.5) is 11.6 Å². The van der Waals surface area contributed by atoms with Gasteiger partial charge in [-0.1, -0.05) is 0 Å². The summed E-state index contributed by atoms with van der Waals surface area (Å²) in [6, 6.07) is -0.278. The van der Waals surface area contributed by atoms with E-state index in [0.29, 0.717) is 5.82 Å². The second kappa shape index (κ2) is 7.07. The Labute approximate surface area is 120 Å². The fraction of sp³-hybridized carbons (Fsp3) is 0.643. The van der Waals surface area contributed by atoms with Gasteiger partial charge >= 0.3 is 0 Å². The summed E-state index contributed by atoms with van der Waals surface area (Å²) < 4.78 is 0. The number of nitrogens with zero attached hydrogens (tertiary/aromatic N) is 3. The SMILES string of the molecule is CCNc1cncc(NC(C)C(=O)N2CCCCC2)n1. The number of anilines is 2. The Morgan fingerprint density at radius 2 is 2.00 bits per heavy atom. The van der Waals surface area contributed by atoms with Crippen LogP contribution < -0.4 is 10.6 Å². The normalized spacial score (nSPS) is 16.6. The minimum absolute atomic E-state index is 0.139. The third-order valence-corrected chi connectivity index (χ3v) is 3.39. The Hall–Kier alpha value is -1.85. The highest BCUT2D eigenvalue weighted by Gasteiger charge is 2.22. The molecule has 1 aromatic rings. The van der Waals surface area contributed by atoms with Crippen LogP contribution in [0.5, 0.6) is 0 Å². The molecule has 1 aliphatic rings. The molecule has 0 aromatic carbocycles. The first-order valence-electron chi connectivity index (χ1n) is 7.32. The Bertz CT molecular complexity index is 445. The van der Waals surface area contributed by atoms with Crippen molar-refractivity contribution in [3.63, 3.8) is 0 Å². The van der Waals surface area contributed by atoms with E-state index < -0.39 is 0 Å². The number of likely N-dealkylation sites (tertiary alicyclic amines) is 1. The van der Waals surface area contributed by atoms with E-state index in [9.17, 15) is 4.79 Å². The molecule has 1 unspecified atom stereocenters. The van der Waals surface area contributed by atoms with Gasteiger partial charge in [0.2, 0.25) is 5.91 Å². The van der Waals surface area contributed by atoms with Crippen molar-refractivity contribution in [1.29, 1.82) is 0 Å². The number of carbonyl (C=O) groups is 1. The highest BCUT2D eigenvalue weighted by molar-refractivity contribution is 5.84. The Morgan fingerprint density at radius 3 is 2.70 bits per heavy atom. The van der Waals surface area contributed by atoms with Gasteiger partial charge < -0.3 is 15.5 Å². The zero-order valence-electron chi connectivity index (χ0n) is 12.2. The molecule has 1 amide bonds. The summed E-state index contributed by atoms with van der Waals surface area (Å²) in [6.45, 7) is 6.41. The largest absolute Gasteiger partial charge is 0.369 e. The molecule has 2 rings (SSSR count). The fourth-order valence-corrected chi connectivity index (χ4v) is 2.37. The maximum absolute atomic E-state index is 12.3. The molecule has 1 fully saturated rings. The summed E-state index contributed by atoms with van der Waals surface area (Å²) in [5, 5.41) is 6.24. The van der Waals surface area contributed by atoms with E-state index in [-0.39, 0.29) is 11.9 Å². The first-order chi connectivity index (χ1) is 9.70. The van der Waals surface area contributed by atoms with E-state index in [0.717, 1.165) is 38.3 Å². The predicted octanol–water partition coefficient (Wildman–Crippen LogP) is 1.72. The van der Waals surface area contributed by atoms with Crippen molar-refractivity contribution in [2.75, 3.05) is 30.3 Å². The quantitative estimate of drug-likeness (QED) is 0.857. The number of amides is 1. The molecule has 1 saturated heterocycles. The third kappa shape index (κ3) is 3.82. The van der Waals surface area contributed by atoms with Gasteiger partial charge in [-0.3, -0.25) is 9.78 Å². The standard InChI is InChI=1S/C14H23N5O/c1-3-16-12-9-15-10-13(18-12)17-11(2)14(20)19-7-5-4-6-8-19/h9-11H,3-8H2,1-2H3,(H2,16,17,18). The molecule has 0 aliphatic carbocycles. The molecule has 6 heteroatoms. The van der Waals surface area contributed by atoms with E-state index in [1.165, 1.54) is 6.42 Å². The van der Waals surface area contributed by atoms with Gasteiger partial charge in [0.25, 0.3) is 0 Å². The number of piperidine rings is 1. The van der Waals surface area contributed by atoms with Crippen LogP contribution in [0.15, 0.2) is 12.4 Å². The second-order valence-corrected chi connectivity index (χ2v) is 5.07. The van der Waals surface area contributed by atoms with Crippen LogP contribution in [-0.4, -0.2) is 46.5 Å². The van der Waals surface area contributed by atoms with Crippen molar-refractivity contribution < 1.29 is 4.79 Å². The summed E-state index contributed by atoms with van der Waals surface area (Å²) in [6.07, 6.45) is 6.75. The molecule has 110 valence electrons. The average molecular weight is 277 g/mol. The molecule has 2 N–H and O–H groups in total. The van der Waals surface area contributed by atoms with Gasteiger partial charge in [-0.25, -0.2) is 4.98 Å². The van der Waals surface area contributed by atoms with Crippen molar-refractivity contribution in [2.45, 2.75) is 39.2 Å². The van der Waals surface area contributed by atoms with Gasteiger partial charge in [-0.05, 0) is 33.1 Å². The lowest BCUT2D eigenvalue weighted by atomic mass is 10.1. The van der Waals surface area contributed by atoms with Gasteiger partial charge in [0.05, 0.1) is 12.4 Å². The highest BCUT2D eigenvalue weighted by atomic mass is 16.2. The van der Waals surface area contributed by atoms with Crippen LogP contribution in [0.3, 0.4) is 0 Å². The van der Waals surface area contributed by atoms with E-state index in [1.54, 1.807) is 12.4 Å². The molecule has 0 bridgehead atoms. The van der Waals surface area contributed by atoms with E-state index >= 15 is 0 Å². The van der Waals surface area contributed by atoms with Crippen molar-refractivity contribution in [3.05, 3.63) is 12.4 Å². The van der Waals surface area contributed by atoms with Gasteiger partial charge in [0.1, 0.15) is 17.7 Å². The highest BCUT2D eigenvalue weighted by Crippen LogP contribution is 2.12. The maximum Gasteiger partial charge on any atom is 0.244 e. The molecule has 6 nitrogen and oxygen atoms in total. The third-order valence-electron chi connectivity index (χ3n) is 3.39. The van der Waals surface area contributed by atoms with Crippen LogP contribution in [-0.2, 0) is 4.79 Å². The topological polar surface area (TPSA) is 70.2 Å². The summed E-state index contributed by atoms with van der Waals surface area (Å²) in [5.41, 5.74) is 0. The number of nitrogens with one attached hydrogen (secondary N) is 2. The number of carbonyl (C=O) groups excluding carboxylic acids is 1. The molecule has 2 heterocycles. The van der Waals surface area contributed by atoms with Gasteiger partial charge in [-0.15, -0.1) is 0 Å². The van der Waals surface area contributed by atoms with Gasteiger partial charge in [0, 0.05) is 19.6 Å². The zero-order chi connectivity index (χ0) is 14.4. The van der Waals surface area contributed by atoms with Gasteiger partial charge in [-0.2, -0.15) is 0 Å². The minimum atomic E-state index is -0.278. The smallest absolute Gasteiger partial charge is 0.244 e. The first-order valence-corrected chi connectivity index (χ1v) is 7.32. The zero-order valence-corrected chi connectivity index (χ0v) is 12.2. The number of aromatic nitrogens is 2. The van der Waals surface area contributed by atoms with Crippen LogP contribution in [0.2, 0.25) is 0 Å². The molecular formula is C14H23N5O. The summed E-state index contributed by atoms with van der Waals surface area (Å²) in [7, 11) is 0. The second-order valence-electron chi connectivity index (χ2n) is 5.07. The first kappa shape index (κ1) is 14.6. The Kier molecular flexibility index (Phi) is 5.15. The molecule has 0 radical (unpaired) electrons. The Balaban J connectivity index is 1.94. The molecule has 0 saturated carbocycles. The lowest BCUT2D eigenvalue weighted by molar-refractivity contribution is -0.132. The van der Waals surface area contributed by atoms with E-state index in [1.807, 2.05) is 18.7 Å². The predicted molar refractivity (Wildman–Crippen MR) is 79.7 cm³/mol. The fourth-order valence-electron chi connectivity index (χ4n) is 2.37. The number of rotatable bonds is 5. The molecule has 1 atom stereocenters. The molecule has 1 aromatic heterocycles. The van der Waals surface area contributed by atoms with Crippen LogP contribution in [0, 0.1) is 0 Å². The molecule has 20 heavy (non-hydrogen) atoms. The van der Waals surface area contributed by atoms with Crippen LogP contribution in [0.25, 0.3) is 0 Å². The minimum Gasteiger partial charge on any atom is -0.369 e. The Morgan fingerprint density at radius 1 is 1.30 bits per heavy atom. The molecule has 1 aliphatic heterocycles. The lowest BCUT2D eigenvalue weighted by Crippen LogP contribution is -2.44.